The van der Waals surface area contributed by atoms with Crippen LogP contribution < -0.4 is 15.0 Å². The monoisotopic (exact) mass is 276 g/mol. The molecule has 2 atom stereocenters. The summed E-state index contributed by atoms with van der Waals surface area (Å²) in [5, 5.41) is 3.54. The van der Waals surface area contributed by atoms with Crippen molar-refractivity contribution in [2.24, 2.45) is 0 Å². The first-order valence-corrected chi connectivity index (χ1v) is 5.50. The molecule has 0 aromatic heterocycles. The fraction of sp³-hybridized carbons (Fsp3) is 0.500. The third-order valence-electron chi connectivity index (χ3n) is 3.36. The Hall–Kier alpha value is -0.640. The Morgan fingerprint density at radius 3 is 2.12 bits per heavy atom. The van der Waals surface area contributed by atoms with Gasteiger partial charge in [-0.15, -0.1) is 24.8 Å². The normalized spacial score (nSPS) is 25.1. The molecular formula is C12H18Cl2N2O. The van der Waals surface area contributed by atoms with Crippen LogP contribution in [0.5, 0.6) is 5.75 Å². The molecule has 4 rings (SSSR count). The van der Waals surface area contributed by atoms with Crippen LogP contribution >= 0.6 is 24.8 Å². The van der Waals surface area contributed by atoms with Gasteiger partial charge in [0.1, 0.15) is 5.75 Å². The lowest BCUT2D eigenvalue weighted by atomic mass is 9.91. The minimum atomic E-state index is 0. The van der Waals surface area contributed by atoms with Gasteiger partial charge < -0.3 is 15.0 Å². The van der Waals surface area contributed by atoms with E-state index in [2.05, 4.69) is 22.3 Å². The summed E-state index contributed by atoms with van der Waals surface area (Å²) in [5.74, 6) is 0.930. The number of methoxy groups -OCH3 is 1. The minimum Gasteiger partial charge on any atom is -0.497 e. The predicted octanol–water partition coefficient (Wildman–Crippen LogP) is 2.09. The average Bonchev–Trinajstić information content (AvgIpc) is 2.28. The lowest BCUT2D eigenvalue weighted by Crippen LogP contribution is -2.67. The molecule has 3 nitrogen and oxygen atoms in total. The summed E-state index contributed by atoms with van der Waals surface area (Å²) in [4.78, 5) is 2.45. The van der Waals surface area contributed by atoms with E-state index < -0.39 is 0 Å². The van der Waals surface area contributed by atoms with Crippen LogP contribution in [0.4, 0.5) is 5.69 Å². The van der Waals surface area contributed by atoms with Gasteiger partial charge in [-0.3, -0.25) is 0 Å². The van der Waals surface area contributed by atoms with Crippen molar-refractivity contribution in [3.05, 3.63) is 24.3 Å². The highest BCUT2D eigenvalue weighted by Crippen LogP contribution is 2.27. The molecule has 3 heterocycles. The van der Waals surface area contributed by atoms with Gasteiger partial charge in [-0.2, -0.15) is 0 Å². The van der Waals surface area contributed by atoms with E-state index in [0.29, 0.717) is 12.1 Å². The van der Waals surface area contributed by atoms with E-state index in [9.17, 15) is 0 Å². The molecule has 3 fully saturated rings. The van der Waals surface area contributed by atoms with Gasteiger partial charge in [-0.1, -0.05) is 0 Å². The summed E-state index contributed by atoms with van der Waals surface area (Å²) in [7, 11) is 1.70. The van der Waals surface area contributed by atoms with Crippen LogP contribution in [0.15, 0.2) is 24.3 Å². The molecule has 1 N–H and O–H groups in total. The molecule has 3 aliphatic rings. The molecule has 2 bridgehead atoms. The summed E-state index contributed by atoms with van der Waals surface area (Å²) in [5.41, 5.74) is 1.31. The Balaban J connectivity index is 0.000000722. The Kier molecular flexibility index (Phi) is 4.92. The standard InChI is InChI=1S/C12H16N2O.2ClH/c1-15-12-4-2-11(3-5-12)14-7-9-6-10(8-14)13-9;;/h2-5,9-10,13H,6-8H2,1H3;2*1H. The van der Waals surface area contributed by atoms with Gasteiger partial charge in [-0.25, -0.2) is 0 Å². The van der Waals surface area contributed by atoms with Crippen molar-refractivity contribution in [1.82, 2.24) is 5.32 Å². The van der Waals surface area contributed by atoms with E-state index in [0.717, 1.165) is 18.8 Å². The summed E-state index contributed by atoms with van der Waals surface area (Å²) < 4.78 is 5.16. The second kappa shape index (κ2) is 5.80. The number of nitrogens with zero attached hydrogens (tertiary/aromatic N) is 1. The lowest BCUT2D eigenvalue weighted by Gasteiger charge is -2.49. The number of hydrogen-bond acceptors (Lipinski definition) is 3. The molecule has 2 unspecified atom stereocenters. The highest BCUT2D eigenvalue weighted by molar-refractivity contribution is 5.85. The van der Waals surface area contributed by atoms with Crippen molar-refractivity contribution in [2.75, 3.05) is 25.1 Å². The number of anilines is 1. The van der Waals surface area contributed by atoms with Gasteiger partial charge in [0.15, 0.2) is 0 Å². The van der Waals surface area contributed by atoms with Crippen molar-refractivity contribution in [1.29, 1.82) is 0 Å². The van der Waals surface area contributed by atoms with E-state index in [-0.39, 0.29) is 24.8 Å². The Morgan fingerprint density at radius 1 is 1.12 bits per heavy atom. The molecule has 1 aromatic rings. The first-order chi connectivity index (χ1) is 7.35. The van der Waals surface area contributed by atoms with Crippen LogP contribution in [0.3, 0.4) is 0 Å². The summed E-state index contributed by atoms with van der Waals surface area (Å²) in [6.07, 6.45) is 1.35. The molecule has 17 heavy (non-hydrogen) atoms. The number of fused-ring (bicyclic) bond motifs is 2. The van der Waals surface area contributed by atoms with Gasteiger partial charge in [-0.05, 0) is 30.7 Å². The zero-order valence-electron chi connectivity index (χ0n) is 9.76. The van der Waals surface area contributed by atoms with Crippen LogP contribution in [0, 0.1) is 0 Å². The molecule has 0 radical (unpaired) electrons. The van der Waals surface area contributed by atoms with E-state index in [4.69, 9.17) is 4.74 Å². The fourth-order valence-corrected chi connectivity index (χ4v) is 2.52. The fourth-order valence-electron chi connectivity index (χ4n) is 2.52. The van der Waals surface area contributed by atoms with Crippen LogP contribution in [-0.2, 0) is 0 Å². The molecule has 0 aliphatic carbocycles. The van der Waals surface area contributed by atoms with Gasteiger partial charge in [0, 0.05) is 30.9 Å². The highest BCUT2D eigenvalue weighted by Gasteiger charge is 2.36. The summed E-state index contributed by atoms with van der Waals surface area (Å²) >= 11 is 0. The number of rotatable bonds is 2. The zero-order valence-corrected chi connectivity index (χ0v) is 11.4. The topological polar surface area (TPSA) is 24.5 Å². The number of piperazine rings is 1. The van der Waals surface area contributed by atoms with E-state index >= 15 is 0 Å². The second-order valence-corrected chi connectivity index (χ2v) is 4.40. The SMILES string of the molecule is COc1ccc(N2CC3CC(C2)N3)cc1.Cl.Cl. The molecule has 1 aromatic carbocycles. The van der Waals surface area contributed by atoms with Crippen LogP contribution in [0.2, 0.25) is 0 Å². The van der Waals surface area contributed by atoms with Crippen molar-refractivity contribution in [3.8, 4) is 5.75 Å². The lowest BCUT2D eigenvalue weighted by molar-refractivity contribution is 0.226. The van der Waals surface area contributed by atoms with Crippen molar-refractivity contribution in [3.63, 3.8) is 0 Å². The highest BCUT2D eigenvalue weighted by atomic mass is 35.5. The number of halogens is 2. The van der Waals surface area contributed by atoms with Gasteiger partial charge >= 0.3 is 0 Å². The number of nitrogens with one attached hydrogen (secondary N) is 1. The minimum absolute atomic E-state index is 0. The zero-order chi connectivity index (χ0) is 10.3. The second-order valence-electron chi connectivity index (χ2n) is 4.40. The number of hydrogen-bond donors (Lipinski definition) is 1. The van der Waals surface area contributed by atoms with Crippen LogP contribution in [0.1, 0.15) is 6.42 Å². The van der Waals surface area contributed by atoms with Gasteiger partial charge in [0.05, 0.1) is 7.11 Å². The van der Waals surface area contributed by atoms with Crippen molar-refractivity contribution >= 4 is 30.5 Å². The predicted molar refractivity (Wildman–Crippen MR) is 75.0 cm³/mol. The maximum Gasteiger partial charge on any atom is 0.119 e. The van der Waals surface area contributed by atoms with Crippen molar-refractivity contribution in [2.45, 2.75) is 18.5 Å². The smallest absolute Gasteiger partial charge is 0.119 e. The Morgan fingerprint density at radius 2 is 1.65 bits per heavy atom. The molecule has 0 amide bonds. The average molecular weight is 277 g/mol. The molecule has 3 saturated heterocycles. The Bertz CT molecular complexity index is 342. The third-order valence-corrected chi connectivity index (χ3v) is 3.36. The molecule has 5 heteroatoms. The van der Waals surface area contributed by atoms with Crippen LogP contribution in [0.25, 0.3) is 0 Å². The maximum atomic E-state index is 5.16. The first-order valence-electron chi connectivity index (χ1n) is 5.50. The van der Waals surface area contributed by atoms with Gasteiger partial charge in [0.2, 0.25) is 0 Å². The van der Waals surface area contributed by atoms with Crippen molar-refractivity contribution < 1.29 is 4.74 Å². The molecule has 96 valence electrons. The van der Waals surface area contributed by atoms with E-state index in [1.54, 1.807) is 7.11 Å². The molecule has 3 aliphatic heterocycles. The molecule has 0 saturated carbocycles. The Labute approximate surface area is 114 Å². The number of benzene rings is 1. The van der Waals surface area contributed by atoms with Gasteiger partial charge in [0.25, 0.3) is 0 Å². The van der Waals surface area contributed by atoms with Crippen LogP contribution in [-0.4, -0.2) is 32.3 Å². The quantitative estimate of drug-likeness (QED) is 0.896. The summed E-state index contributed by atoms with van der Waals surface area (Å²) in [6.45, 7) is 2.28. The van der Waals surface area contributed by atoms with E-state index in [1.165, 1.54) is 12.1 Å². The molecular weight excluding hydrogens is 259 g/mol. The summed E-state index contributed by atoms with van der Waals surface area (Å²) in [6, 6.07) is 9.77. The number of ether oxygens (including phenoxy) is 1. The third kappa shape index (κ3) is 2.79. The maximum absolute atomic E-state index is 5.16. The number of piperidine rings is 1. The van der Waals surface area contributed by atoms with E-state index in [1.807, 2.05) is 12.1 Å². The molecule has 0 spiro atoms. The largest absolute Gasteiger partial charge is 0.497 e. The first kappa shape index (κ1) is 14.4.